The minimum atomic E-state index is -0.545. The number of hydrogen-bond donors (Lipinski definition) is 9. The first-order valence-electron chi connectivity index (χ1n) is 44.3. The molecule has 9 N–H and O–H groups in total. The lowest BCUT2D eigenvalue weighted by Gasteiger charge is -2.39. The summed E-state index contributed by atoms with van der Waals surface area (Å²) >= 11 is 1.45. The highest BCUT2D eigenvalue weighted by Crippen LogP contribution is 2.41. The number of hydrogen-bond acceptors (Lipinski definition) is 26. The number of halogens is 4. The van der Waals surface area contributed by atoms with Gasteiger partial charge in [-0.1, -0.05) is 39.5 Å². The van der Waals surface area contributed by atoms with E-state index in [1.807, 2.05) is 86.3 Å². The Bertz CT molecular complexity index is 5700. The van der Waals surface area contributed by atoms with Crippen molar-refractivity contribution in [1.29, 1.82) is 0 Å². The van der Waals surface area contributed by atoms with Gasteiger partial charge in [-0.3, -0.25) is 33.4 Å². The van der Waals surface area contributed by atoms with Crippen molar-refractivity contribution in [2.24, 2.45) is 7.05 Å². The third kappa shape index (κ3) is 20.6. The van der Waals surface area contributed by atoms with Crippen LogP contribution in [0.5, 0.6) is 0 Å². The zero-order chi connectivity index (χ0) is 92.4. The molecule has 0 aliphatic carbocycles. The molecule has 0 radical (unpaired) electrons. The van der Waals surface area contributed by atoms with Gasteiger partial charge in [0.05, 0.1) is 76.1 Å². The second-order valence-electron chi connectivity index (χ2n) is 33.8. The van der Waals surface area contributed by atoms with Crippen molar-refractivity contribution in [1.82, 2.24) is 75.6 Å². The molecule has 6 fully saturated rings. The maximum atomic E-state index is 15.4. The van der Waals surface area contributed by atoms with Gasteiger partial charge in [-0.15, -0.1) is 11.3 Å². The molecule has 6 aromatic heterocycles. The van der Waals surface area contributed by atoms with Crippen molar-refractivity contribution in [3.05, 3.63) is 215 Å². The minimum Gasteiger partial charge on any atom is -0.378 e. The third-order valence-corrected chi connectivity index (χ3v) is 26.3. The smallest absolute Gasteiger partial charge is 0.255 e. The molecular weight excluding hydrogens is 1700 g/mol. The summed E-state index contributed by atoms with van der Waals surface area (Å²) in [5.41, 5.74) is 8.91. The fraction of sp³-hybridized carbons (Fsp3) is 0.404. The molecule has 16 heterocycles. The van der Waals surface area contributed by atoms with Gasteiger partial charge in [-0.05, 0) is 144 Å². The van der Waals surface area contributed by atoms with E-state index in [1.165, 1.54) is 23.5 Å². The number of aryl methyl sites for hydroxylation is 2. The SMILES string of the molecule is C=CC(=C)N1CCCC(N(C)c2nc(-c3cnc(C)s3)c3c(c2F)CNC3=O)C1.C=CC(=C)N1CCCC(N(C)c2nc(Nc3cnn(C)c3)c3c(c2F)CNC3=O)C1.C=CC(=O)N1CC(Nc2nc(Nc3ccc(N4CCOCC4)cc3)c3c(c2F)CNC3=O)CCC1C.C=CC(=O)N1CCCCC(Nc2nc(Nc3ccc(N4CCOCC4)cc3)c3c(c2F)CNC3=O)C1. The predicted molar refractivity (Wildman–Crippen MR) is 500 cm³/mol. The lowest BCUT2D eigenvalue weighted by molar-refractivity contribution is -0.129. The van der Waals surface area contributed by atoms with Gasteiger partial charge in [0, 0.05) is 218 Å². The molecule has 6 saturated heterocycles. The second kappa shape index (κ2) is 41.1. The van der Waals surface area contributed by atoms with Crippen molar-refractivity contribution in [3.63, 3.8) is 0 Å². The molecule has 131 heavy (non-hydrogen) atoms. The summed E-state index contributed by atoms with van der Waals surface area (Å²) in [6.07, 6.45) is 19.1. The van der Waals surface area contributed by atoms with Gasteiger partial charge < -0.3 is 96.5 Å². The third-order valence-electron chi connectivity index (χ3n) is 25.4. The fourth-order valence-corrected chi connectivity index (χ4v) is 18.8. The average Bonchev–Trinajstić information content (AvgIpc) is 1.77. The van der Waals surface area contributed by atoms with E-state index in [0.717, 1.165) is 148 Å². The van der Waals surface area contributed by atoms with Crippen LogP contribution in [0.15, 0.2) is 142 Å². The molecule has 10 aliphatic heterocycles. The van der Waals surface area contributed by atoms with Crippen LogP contribution in [-0.2, 0) is 52.3 Å². The van der Waals surface area contributed by atoms with E-state index in [1.54, 1.807) is 52.3 Å². The number of rotatable bonds is 23. The number of nitrogens with zero attached hydrogens (tertiary/aromatic N) is 15. The van der Waals surface area contributed by atoms with Crippen LogP contribution in [-0.4, -0.2) is 232 Å². The Morgan fingerprint density at radius 2 is 0.939 bits per heavy atom. The van der Waals surface area contributed by atoms with Crippen LogP contribution < -0.4 is 67.5 Å². The van der Waals surface area contributed by atoms with Crippen LogP contribution in [0.2, 0.25) is 0 Å². The summed E-state index contributed by atoms with van der Waals surface area (Å²) in [5.74, 6) is -1.98. The van der Waals surface area contributed by atoms with E-state index in [4.69, 9.17) is 9.47 Å². The number of carbonyl (C=O) groups is 6. The molecule has 18 rings (SSSR count). The number of pyridine rings is 4. The van der Waals surface area contributed by atoms with Crippen molar-refractivity contribution >= 4 is 116 Å². The van der Waals surface area contributed by atoms with E-state index >= 15 is 17.6 Å². The van der Waals surface area contributed by atoms with E-state index in [9.17, 15) is 28.8 Å². The maximum absolute atomic E-state index is 15.4. The van der Waals surface area contributed by atoms with Crippen LogP contribution >= 0.6 is 11.3 Å². The lowest BCUT2D eigenvalue weighted by Crippen LogP contribution is -2.49. The number of anilines is 12. The number of nitrogens with one attached hydrogen (secondary N) is 9. The van der Waals surface area contributed by atoms with Gasteiger partial charge in [0.15, 0.2) is 46.5 Å². The molecule has 8 aromatic rings. The van der Waals surface area contributed by atoms with Crippen molar-refractivity contribution in [3.8, 4) is 10.6 Å². The van der Waals surface area contributed by atoms with Crippen LogP contribution in [0.3, 0.4) is 0 Å². The fourth-order valence-electron chi connectivity index (χ4n) is 18.0. The Balaban J connectivity index is 0.000000134. The van der Waals surface area contributed by atoms with Gasteiger partial charge in [0.25, 0.3) is 23.6 Å². The molecule has 10 aliphatic rings. The Morgan fingerprint density at radius 3 is 1.40 bits per heavy atom. The molecule has 0 spiro atoms. The van der Waals surface area contributed by atoms with Gasteiger partial charge in [0.2, 0.25) is 11.8 Å². The molecule has 0 bridgehead atoms. The monoisotopic (exact) mass is 1810 g/mol. The molecule has 690 valence electrons. The van der Waals surface area contributed by atoms with Crippen LogP contribution in [0.25, 0.3) is 10.6 Å². The van der Waals surface area contributed by atoms with Gasteiger partial charge in [-0.2, -0.15) is 5.10 Å². The topological polar surface area (TPSA) is 337 Å². The first kappa shape index (κ1) is 92.3. The normalized spacial score (nSPS) is 19.6. The van der Waals surface area contributed by atoms with E-state index in [-0.39, 0.29) is 143 Å². The summed E-state index contributed by atoms with van der Waals surface area (Å²) < 4.78 is 74.2. The van der Waals surface area contributed by atoms with Crippen LogP contribution in [0.1, 0.15) is 133 Å². The van der Waals surface area contributed by atoms with Crippen LogP contribution in [0.4, 0.5) is 86.7 Å². The number of likely N-dealkylation sites (tertiary alicyclic amines) is 4. The summed E-state index contributed by atoms with van der Waals surface area (Å²) in [5, 5.41) is 31.8. The summed E-state index contributed by atoms with van der Waals surface area (Å²) in [6, 6.07) is 15.6. The maximum Gasteiger partial charge on any atom is 0.255 e. The summed E-state index contributed by atoms with van der Waals surface area (Å²) in [6.45, 7) is 38.2. The average molecular weight is 1810 g/mol. The molecule has 2 aromatic carbocycles. The van der Waals surface area contributed by atoms with Gasteiger partial charge in [0.1, 0.15) is 17.5 Å². The van der Waals surface area contributed by atoms with Crippen molar-refractivity contribution in [2.45, 2.75) is 128 Å². The van der Waals surface area contributed by atoms with Gasteiger partial charge in [-0.25, -0.2) is 42.5 Å². The number of piperidine rings is 3. The zero-order valence-corrected chi connectivity index (χ0v) is 75.3. The predicted octanol–water partition coefficient (Wildman–Crippen LogP) is 12.1. The highest BCUT2D eigenvalue weighted by molar-refractivity contribution is 7.15. The number of likely N-dealkylation sites (N-methyl/N-ethyl adjacent to an activating group) is 2. The number of benzene rings is 2. The number of thiazole rings is 1. The highest BCUT2D eigenvalue weighted by Gasteiger charge is 2.40. The number of ether oxygens (including phenoxy) is 2. The van der Waals surface area contributed by atoms with E-state index in [2.05, 4.69) is 137 Å². The van der Waals surface area contributed by atoms with Crippen LogP contribution in [0, 0.1) is 30.2 Å². The second-order valence-corrected chi connectivity index (χ2v) is 35.0. The first-order valence-corrected chi connectivity index (χ1v) is 45.1. The van der Waals surface area contributed by atoms with Gasteiger partial charge >= 0.3 is 0 Å². The number of carbonyl (C=O) groups excluding carboxylic acids is 6. The Morgan fingerprint density at radius 1 is 0.496 bits per heavy atom. The molecular formula is C94H112F4N24O8S. The molecule has 6 amide bonds. The number of fused-ring (bicyclic) bond motifs is 4. The standard InChI is InChI=1S/2C26H31FN6O3.C21H26FN7O.C21H24FN5OS/c1-3-21(34)33-15-18(5-4-16(33)2)30-25-23(27)20-14-28-26(35)22(20)24(31-25)29-17-6-8-19(9-7-17)32-10-12-36-13-11-32;1-2-21(34)33-10-4-3-5-18(16-33)30-25-23(27)20-15-28-26(35)22(20)24(31-25)29-17-6-8-19(9-7-17)32-11-13-36-14-12-32;1-5-13(2)29-8-6-7-15(12-29)28(4)20-18(22)16-10-23-21(30)17(16)19(26-20)25-14-9-24-27(3)11-14;1-5-12(2)27-8-6-7-14(11-27)26(4)20-18(22)15-9-24-21(28)17(15)19(25-20)16-10-23-13(3)29-16/h3,6-9,16,18H,1,4-5,10-15H2,2H3,(H,28,35)(H2,29,30,31);2,6-9,18H,1,3-5,10-16H2,(H,28,35)(H2,29,30,31);5,9,11,15H,1-2,6-8,10,12H2,3-4H3,(H,23,30)(H,25,26);5,10,14H,1-2,6-9,11H2,3-4H3,(H,24,28). The number of aromatic nitrogens is 7. The quantitative estimate of drug-likeness (QED) is 0.0163. The number of allylic oxidation sites excluding steroid dienone is 2. The van der Waals surface area contributed by atoms with E-state index in [0.29, 0.717) is 98.1 Å². The van der Waals surface area contributed by atoms with Crippen molar-refractivity contribution < 1.29 is 55.8 Å². The summed E-state index contributed by atoms with van der Waals surface area (Å²) in [4.78, 5) is 114. The molecule has 0 saturated carbocycles. The van der Waals surface area contributed by atoms with E-state index < -0.39 is 23.3 Å². The largest absolute Gasteiger partial charge is 0.378 e. The molecule has 5 unspecified atom stereocenters. The van der Waals surface area contributed by atoms with Crippen molar-refractivity contribution in [2.75, 3.05) is 159 Å². The Hall–Kier alpha value is -13.4. The molecule has 37 heteroatoms. The number of amides is 6. The Labute approximate surface area is 762 Å². The first-order chi connectivity index (χ1) is 63.3. The number of morpholine rings is 2. The Kier molecular flexibility index (Phi) is 29.0. The lowest BCUT2D eigenvalue weighted by atomic mass is 9.99. The summed E-state index contributed by atoms with van der Waals surface area (Å²) in [7, 11) is 5.51. The minimum absolute atomic E-state index is 0.0619. The zero-order valence-electron chi connectivity index (χ0n) is 74.5. The molecule has 5 atom stereocenters. The molecule has 32 nitrogen and oxygen atoms in total. The highest BCUT2D eigenvalue weighted by atomic mass is 32.1.